The van der Waals surface area contributed by atoms with Gasteiger partial charge in [0.05, 0.1) is 6.10 Å². The number of carbonyl (C=O) groups is 1. The predicted molar refractivity (Wildman–Crippen MR) is 100 cm³/mol. The fourth-order valence-corrected chi connectivity index (χ4v) is 7.79. The van der Waals surface area contributed by atoms with E-state index in [4.69, 9.17) is 4.42 Å². The number of carbonyl (C=O) groups excluding carboxylic acids is 1. The van der Waals surface area contributed by atoms with Crippen LogP contribution in [0.2, 0.25) is 0 Å². The van der Waals surface area contributed by atoms with E-state index in [-0.39, 0.29) is 16.9 Å². The Kier molecular flexibility index (Phi) is 4.14. The molecule has 1 heterocycles. The molecule has 0 bridgehead atoms. The van der Waals surface area contributed by atoms with Crippen molar-refractivity contribution in [3.63, 3.8) is 0 Å². The summed E-state index contributed by atoms with van der Waals surface area (Å²) in [6.45, 7) is 4.56. The maximum atomic E-state index is 12.9. The number of alkyl halides is 3. The second-order valence-corrected chi connectivity index (χ2v) is 10.6. The van der Waals surface area contributed by atoms with Crippen molar-refractivity contribution in [1.82, 2.24) is 0 Å². The molecule has 5 rings (SSSR count). The van der Waals surface area contributed by atoms with Crippen LogP contribution in [-0.2, 0) is 12.8 Å². The van der Waals surface area contributed by atoms with Crippen LogP contribution in [0.1, 0.15) is 74.3 Å². The average Bonchev–Trinajstić information content (AvgIpc) is 3.18. The molecule has 29 heavy (non-hydrogen) atoms. The van der Waals surface area contributed by atoms with Gasteiger partial charge in [-0.15, -0.1) is 0 Å². The first-order chi connectivity index (χ1) is 13.5. The van der Waals surface area contributed by atoms with Crippen LogP contribution in [-0.4, -0.2) is 23.2 Å². The van der Waals surface area contributed by atoms with E-state index in [1.807, 2.05) is 0 Å². The van der Waals surface area contributed by atoms with E-state index < -0.39 is 17.7 Å². The van der Waals surface area contributed by atoms with Crippen LogP contribution in [0, 0.1) is 34.5 Å². The summed E-state index contributed by atoms with van der Waals surface area (Å²) in [4.78, 5) is 11.7. The number of halogens is 3. The maximum Gasteiger partial charge on any atom is 0.458 e. The highest BCUT2D eigenvalue weighted by molar-refractivity contribution is 5.98. The molecule has 7 atom stereocenters. The molecular weight excluding hydrogens is 381 g/mol. The van der Waals surface area contributed by atoms with E-state index in [9.17, 15) is 23.1 Å². The fourth-order valence-electron chi connectivity index (χ4n) is 7.79. The van der Waals surface area contributed by atoms with E-state index in [2.05, 4.69) is 13.8 Å². The first-order valence-corrected chi connectivity index (χ1v) is 10.9. The second kappa shape index (κ2) is 6.12. The van der Waals surface area contributed by atoms with Gasteiger partial charge in [-0.1, -0.05) is 13.8 Å². The van der Waals surface area contributed by atoms with Crippen LogP contribution in [0.5, 0.6) is 0 Å². The van der Waals surface area contributed by atoms with Crippen molar-refractivity contribution in [2.24, 2.45) is 34.5 Å². The average molecular weight is 410 g/mol. The first-order valence-electron chi connectivity index (χ1n) is 10.9. The van der Waals surface area contributed by atoms with E-state index in [0.717, 1.165) is 44.1 Å². The van der Waals surface area contributed by atoms with Gasteiger partial charge in [0.1, 0.15) is 5.76 Å². The van der Waals surface area contributed by atoms with Crippen molar-refractivity contribution >= 4 is 5.78 Å². The lowest BCUT2D eigenvalue weighted by Crippen LogP contribution is -2.54. The zero-order valence-electron chi connectivity index (χ0n) is 17.0. The Hall–Kier alpha value is -1.30. The van der Waals surface area contributed by atoms with Crippen LogP contribution in [0.3, 0.4) is 0 Å². The highest BCUT2D eigenvalue weighted by Gasteiger charge is 2.60. The van der Waals surface area contributed by atoms with E-state index in [1.165, 1.54) is 6.07 Å². The molecule has 3 saturated carbocycles. The monoisotopic (exact) mass is 410 g/mol. The van der Waals surface area contributed by atoms with Crippen molar-refractivity contribution in [1.29, 1.82) is 0 Å². The molecule has 1 aromatic heterocycles. The summed E-state index contributed by atoms with van der Waals surface area (Å²) >= 11 is 0. The summed E-state index contributed by atoms with van der Waals surface area (Å²) in [5.74, 6) is 0.165. The number of aliphatic hydroxyl groups is 1. The van der Waals surface area contributed by atoms with Gasteiger partial charge >= 0.3 is 12.0 Å². The Balaban J connectivity index is 1.45. The van der Waals surface area contributed by atoms with Crippen LogP contribution in [0.4, 0.5) is 13.2 Å². The number of hydrogen-bond donors (Lipinski definition) is 1. The molecule has 3 nitrogen and oxygen atoms in total. The normalized spacial score (nSPS) is 43.9. The molecule has 0 unspecified atom stereocenters. The van der Waals surface area contributed by atoms with Gasteiger partial charge in [-0.3, -0.25) is 4.79 Å². The Morgan fingerprint density at radius 1 is 1.10 bits per heavy atom. The molecule has 4 aliphatic carbocycles. The molecule has 0 aliphatic heterocycles. The number of furan rings is 1. The highest BCUT2D eigenvalue weighted by atomic mass is 19.4. The largest absolute Gasteiger partial charge is 0.458 e. The minimum absolute atomic E-state index is 0.0200. The molecule has 0 spiro atoms. The highest BCUT2D eigenvalue weighted by Crippen LogP contribution is 2.65. The van der Waals surface area contributed by atoms with Crippen LogP contribution >= 0.6 is 0 Å². The van der Waals surface area contributed by atoms with Gasteiger partial charge in [-0.05, 0) is 91.1 Å². The number of aliphatic hydroxyl groups excluding tert-OH is 1. The number of fused-ring (bicyclic) bond motifs is 6. The lowest BCUT2D eigenvalue weighted by atomic mass is 9.45. The quantitative estimate of drug-likeness (QED) is 0.636. The number of hydrogen-bond acceptors (Lipinski definition) is 3. The molecule has 6 heteroatoms. The second-order valence-electron chi connectivity index (χ2n) is 10.6. The molecule has 3 fully saturated rings. The van der Waals surface area contributed by atoms with Crippen molar-refractivity contribution in [2.45, 2.75) is 77.5 Å². The Morgan fingerprint density at radius 2 is 1.83 bits per heavy atom. The minimum atomic E-state index is -4.90. The zero-order chi connectivity index (χ0) is 20.8. The Morgan fingerprint density at radius 3 is 2.55 bits per heavy atom. The molecule has 1 N–H and O–H groups in total. The van der Waals surface area contributed by atoms with Gasteiger partial charge in [0, 0.05) is 6.42 Å². The summed E-state index contributed by atoms with van der Waals surface area (Å²) in [5, 5.41) is 10.6. The Bertz CT molecular complexity index is 843. The van der Waals surface area contributed by atoms with Crippen LogP contribution in [0.25, 0.3) is 0 Å². The standard InChI is InChI=1S/C23H29F3O3/c1-21-8-7-16-14(15(21)5-6-19(21)27)4-3-13-10-17-12(11-22(13,16)2)9-18(29-17)20(28)23(24,25)26/h9,13-16,19,27H,3-8,10-11H2,1-2H3/t13-,14-,15-,16-,19-,21-,22-/m0/s1. The third-order valence-electron chi connectivity index (χ3n) is 9.40. The van der Waals surface area contributed by atoms with Gasteiger partial charge in [0.15, 0.2) is 5.76 Å². The van der Waals surface area contributed by atoms with Crippen molar-refractivity contribution in [3.8, 4) is 0 Å². The van der Waals surface area contributed by atoms with Gasteiger partial charge in [0.2, 0.25) is 0 Å². The minimum Gasteiger partial charge on any atom is -0.457 e. The summed E-state index contributed by atoms with van der Waals surface area (Å²) in [7, 11) is 0. The molecule has 0 saturated heterocycles. The fraction of sp³-hybridized carbons (Fsp3) is 0.783. The van der Waals surface area contributed by atoms with Crippen molar-refractivity contribution in [3.05, 3.63) is 23.2 Å². The van der Waals surface area contributed by atoms with Crippen LogP contribution in [0.15, 0.2) is 10.5 Å². The SMILES string of the molecule is C[C@]12Cc3cc(C(=O)C(F)(F)F)oc3C[C@@H]1CC[C@@H]1[C@@H]2CC[C@]2(C)[C@@H](O)CC[C@@H]12. The summed E-state index contributed by atoms with van der Waals surface area (Å²) in [6.07, 6.45) is 2.45. The molecular formula is C23H29F3O3. The third kappa shape index (κ3) is 2.70. The van der Waals surface area contributed by atoms with E-state index >= 15 is 0 Å². The molecule has 1 aromatic rings. The number of rotatable bonds is 1. The van der Waals surface area contributed by atoms with Gasteiger partial charge < -0.3 is 9.52 Å². The van der Waals surface area contributed by atoms with Gasteiger partial charge in [0.25, 0.3) is 0 Å². The predicted octanol–water partition coefficient (Wildman–Crippen LogP) is 5.34. The summed E-state index contributed by atoms with van der Waals surface area (Å²) in [5.41, 5.74) is 0.830. The van der Waals surface area contributed by atoms with Gasteiger partial charge in [-0.25, -0.2) is 0 Å². The third-order valence-corrected chi connectivity index (χ3v) is 9.40. The molecule has 0 aromatic carbocycles. The maximum absolute atomic E-state index is 12.9. The lowest BCUT2D eigenvalue weighted by Gasteiger charge is -2.59. The molecule has 4 aliphatic rings. The summed E-state index contributed by atoms with van der Waals surface area (Å²) in [6, 6.07) is 1.35. The van der Waals surface area contributed by atoms with Crippen molar-refractivity contribution in [2.75, 3.05) is 0 Å². The zero-order valence-corrected chi connectivity index (χ0v) is 17.0. The van der Waals surface area contributed by atoms with E-state index in [0.29, 0.717) is 42.3 Å². The van der Waals surface area contributed by atoms with Gasteiger partial charge in [-0.2, -0.15) is 13.2 Å². The topological polar surface area (TPSA) is 50.4 Å². The smallest absolute Gasteiger partial charge is 0.457 e. The van der Waals surface area contributed by atoms with Crippen molar-refractivity contribution < 1.29 is 27.5 Å². The molecule has 0 radical (unpaired) electrons. The lowest BCUT2D eigenvalue weighted by molar-refractivity contribution is -0.112. The number of ketones is 1. The number of Topliss-reactive ketones (excluding diaryl/α,β-unsaturated/α-hetero) is 1. The van der Waals surface area contributed by atoms with E-state index in [1.54, 1.807) is 0 Å². The summed E-state index contributed by atoms with van der Waals surface area (Å²) < 4.78 is 44.0. The van der Waals surface area contributed by atoms with Crippen LogP contribution < -0.4 is 0 Å². The first kappa shape index (κ1) is 19.7. The molecule has 160 valence electrons. The molecule has 0 amide bonds. The Labute approximate surface area is 169 Å².